The van der Waals surface area contributed by atoms with Crippen LogP contribution in [0, 0.1) is 35.5 Å². The van der Waals surface area contributed by atoms with Crippen LogP contribution in [-0.4, -0.2) is 0 Å². The van der Waals surface area contributed by atoms with Gasteiger partial charge >= 0.3 is 0 Å². The maximum Gasteiger partial charge on any atom is -0.0323 e. The first-order chi connectivity index (χ1) is 4.95. The molecule has 0 aromatic rings. The highest BCUT2D eigenvalue weighted by molar-refractivity contribution is 5.16. The summed E-state index contributed by atoms with van der Waals surface area (Å²) in [5.74, 6) is 7.48. The quantitative estimate of drug-likeness (QED) is 0.477. The van der Waals surface area contributed by atoms with Gasteiger partial charge in [0.25, 0.3) is 0 Å². The molecule has 4 bridgehead atoms. The lowest BCUT2D eigenvalue weighted by Crippen LogP contribution is -2.37. The molecule has 0 heterocycles. The lowest BCUT2D eigenvalue weighted by Gasteiger charge is -2.45. The standard InChI is InChI=1S/C10H14/c1-2-6-7-4-9(6)10-5(1)3-8(7)10/h5-10H,1-4H2. The van der Waals surface area contributed by atoms with Crippen LogP contribution in [0.2, 0.25) is 0 Å². The maximum atomic E-state index is 1.65. The van der Waals surface area contributed by atoms with Crippen LogP contribution in [0.1, 0.15) is 25.7 Å². The van der Waals surface area contributed by atoms with E-state index in [-0.39, 0.29) is 0 Å². The minimum absolute atomic E-state index is 1.22. The lowest BCUT2D eigenvalue weighted by molar-refractivity contribution is 0.0432. The second-order valence-electron chi connectivity index (χ2n) is 5.04. The Morgan fingerprint density at radius 3 is 2.50 bits per heavy atom. The van der Waals surface area contributed by atoms with Gasteiger partial charge in [0.2, 0.25) is 0 Å². The Morgan fingerprint density at radius 1 is 0.700 bits per heavy atom. The van der Waals surface area contributed by atoms with Crippen molar-refractivity contribution in [3.8, 4) is 0 Å². The minimum Gasteiger partial charge on any atom is -0.0499 e. The van der Waals surface area contributed by atoms with Crippen LogP contribution in [-0.2, 0) is 0 Å². The molecule has 4 saturated carbocycles. The Morgan fingerprint density at radius 2 is 1.60 bits per heavy atom. The van der Waals surface area contributed by atoms with Crippen molar-refractivity contribution >= 4 is 0 Å². The van der Waals surface area contributed by atoms with Gasteiger partial charge in [-0.25, -0.2) is 0 Å². The molecule has 6 unspecified atom stereocenters. The van der Waals surface area contributed by atoms with Crippen LogP contribution >= 0.6 is 0 Å². The highest BCUT2D eigenvalue weighted by atomic mass is 14.7. The zero-order valence-corrected chi connectivity index (χ0v) is 6.29. The molecule has 4 aliphatic carbocycles. The van der Waals surface area contributed by atoms with Crippen LogP contribution < -0.4 is 0 Å². The molecule has 0 aromatic carbocycles. The van der Waals surface area contributed by atoms with Crippen molar-refractivity contribution < 1.29 is 0 Å². The fourth-order valence-corrected chi connectivity index (χ4v) is 4.81. The van der Waals surface area contributed by atoms with E-state index in [1.165, 1.54) is 35.5 Å². The fourth-order valence-electron chi connectivity index (χ4n) is 4.81. The van der Waals surface area contributed by atoms with Crippen molar-refractivity contribution in [2.45, 2.75) is 25.7 Å². The summed E-state index contributed by atoms with van der Waals surface area (Å²) in [6.07, 6.45) is 6.52. The van der Waals surface area contributed by atoms with Crippen LogP contribution in [0.3, 0.4) is 0 Å². The molecular weight excluding hydrogens is 120 g/mol. The number of hydrogen-bond donors (Lipinski definition) is 0. The van der Waals surface area contributed by atoms with Crippen molar-refractivity contribution in [3.63, 3.8) is 0 Å². The third-order valence-corrected chi connectivity index (χ3v) is 5.17. The van der Waals surface area contributed by atoms with Gasteiger partial charge in [0, 0.05) is 0 Å². The fraction of sp³-hybridized carbons (Fsp3) is 1.00. The average Bonchev–Trinajstić information content (AvgIpc) is 2.12. The second-order valence-corrected chi connectivity index (χ2v) is 5.04. The average molecular weight is 134 g/mol. The molecule has 4 rings (SSSR count). The first-order valence-corrected chi connectivity index (χ1v) is 4.95. The van der Waals surface area contributed by atoms with Crippen molar-refractivity contribution in [2.24, 2.45) is 35.5 Å². The van der Waals surface area contributed by atoms with E-state index in [4.69, 9.17) is 0 Å². The number of rotatable bonds is 0. The Labute approximate surface area is 62.0 Å². The molecule has 0 radical (unpaired) electrons. The smallest absolute Gasteiger partial charge is 0.0323 e. The molecule has 0 aromatic heterocycles. The maximum absolute atomic E-state index is 1.65. The largest absolute Gasteiger partial charge is 0.0499 e. The van der Waals surface area contributed by atoms with Gasteiger partial charge in [-0.2, -0.15) is 0 Å². The third kappa shape index (κ3) is 0.286. The van der Waals surface area contributed by atoms with E-state index < -0.39 is 0 Å². The lowest BCUT2D eigenvalue weighted by atomic mass is 9.60. The molecule has 0 N–H and O–H groups in total. The Balaban J connectivity index is 1.88. The topological polar surface area (TPSA) is 0 Å². The summed E-state index contributed by atoms with van der Waals surface area (Å²) in [7, 11) is 0. The molecule has 0 spiro atoms. The Bertz CT molecular complexity index is 181. The van der Waals surface area contributed by atoms with Gasteiger partial charge < -0.3 is 0 Å². The summed E-state index contributed by atoms with van der Waals surface area (Å²) in [4.78, 5) is 0. The highest BCUT2D eigenvalue weighted by Crippen LogP contribution is 2.74. The van der Waals surface area contributed by atoms with E-state index in [0.717, 1.165) is 0 Å². The van der Waals surface area contributed by atoms with E-state index in [0.29, 0.717) is 0 Å². The van der Waals surface area contributed by atoms with Gasteiger partial charge in [0.1, 0.15) is 0 Å². The minimum atomic E-state index is 1.22. The molecule has 6 atom stereocenters. The zero-order valence-electron chi connectivity index (χ0n) is 6.29. The van der Waals surface area contributed by atoms with Gasteiger partial charge in [-0.3, -0.25) is 0 Å². The Kier molecular flexibility index (Phi) is 0.570. The summed E-state index contributed by atoms with van der Waals surface area (Å²) in [6.45, 7) is 0. The van der Waals surface area contributed by atoms with Crippen molar-refractivity contribution in [2.75, 3.05) is 0 Å². The predicted molar refractivity (Wildman–Crippen MR) is 39.4 cm³/mol. The van der Waals surface area contributed by atoms with Crippen LogP contribution in [0.25, 0.3) is 0 Å². The summed E-state index contributed by atoms with van der Waals surface area (Å²) in [5, 5.41) is 0. The summed E-state index contributed by atoms with van der Waals surface area (Å²) < 4.78 is 0. The van der Waals surface area contributed by atoms with Crippen LogP contribution in [0.5, 0.6) is 0 Å². The first kappa shape index (κ1) is 4.79. The molecular formula is C10H14. The molecule has 4 fully saturated rings. The van der Waals surface area contributed by atoms with Crippen molar-refractivity contribution in [1.29, 1.82) is 0 Å². The molecule has 54 valence electrons. The van der Waals surface area contributed by atoms with Gasteiger partial charge in [-0.05, 0) is 61.2 Å². The summed E-state index contributed by atoms with van der Waals surface area (Å²) >= 11 is 0. The molecule has 4 aliphatic rings. The molecule has 0 amide bonds. The van der Waals surface area contributed by atoms with Gasteiger partial charge in [-0.1, -0.05) is 0 Å². The van der Waals surface area contributed by atoms with E-state index >= 15 is 0 Å². The van der Waals surface area contributed by atoms with E-state index in [1.54, 1.807) is 25.7 Å². The van der Waals surface area contributed by atoms with Gasteiger partial charge in [0.15, 0.2) is 0 Å². The SMILES string of the molecule is C1CC2C3CC2C2C1CC32. The molecule has 0 aliphatic heterocycles. The third-order valence-electron chi connectivity index (χ3n) is 5.17. The monoisotopic (exact) mass is 134 g/mol. The molecule has 10 heavy (non-hydrogen) atoms. The summed E-state index contributed by atoms with van der Waals surface area (Å²) in [5.41, 5.74) is 0. The zero-order chi connectivity index (χ0) is 6.29. The van der Waals surface area contributed by atoms with Gasteiger partial charge in [-0.15, -0.1) is 0 Å². The van der Waals surface area contributed by atoms with Crippen LogP contribution in [0.15, 0.2) is 0 Å². The van der Waals surface area contributed by atoms with E-state index in [1.807, 2.05) is 0 Å². The number of hydrogen-bond acceptors (Lipinski definition) is 0. The predicted octanol–water partition coefficient (Wildman–Crippen LogP) is 2.30. The van der Waals surface area contributed by atoms with Crippen molar-refractivity contribution in [1.82, 2.24) is 0 Å². The molecule has 0 heteroatoms. The van der Waals surface area contributed by atoms with Crippen LogP contribution in [0.4, 0.5) is 0 Å². The normalized spacial score (nSPS) is 74.4. The highest BCUT2D eigenvalue weighted by Gasteiger charge is 2.67. The first-order valence-electron chi connectivity index (χ1n) is 4.95. The molecule has 0 saturated heterocycles. The Hall–Kier alpha value is 0. The number of fused-ring (bicyclic) bond motifs is 1. The second kappa shape index (κ2) is 1.19. The van der Waals surface area contributed by atoms with Gasteiger partial charge in [0.05, 0.1) is 0 Å². The van der Waals surface area contributed by atoms with Crippen molar-refractivity contribution in [3.05, 3.63) is 0 Å². The summed E-state index contributed by atoms with van der Waals surface area (Å²) in [6, 6.07) is 0. The van der Waals surface area contributed by atoms with E-state index in [2.05, 4.69) is 0 Å². The molecule has 0 nitrogen and oxygen atoms in total. The van der Waals surface area contributed by atoms with E-state index in [9.17, 15) is 0 Å².